The fraction of sp³-hybridized carbons (Fsp3) is 0.786. The van der Waals surface area contributed by atoms with E-state index in [1.807, 2.05) is 0 Å². The zero-order chi connectivity index (χ0) is 12.8. The lowest BCUT2D eigenvalue weighted by Gasteiger charge is -2.14. The third kappa shape index (κ3) is 4.90. The molecule has 0 saturated heterocycles. The first-order valence-corrected chi connectivity index (χ1v) is 6.80. The molecule has 0 aliphatic heterocycles. The van der Waals surface area contributed by atoms with E-state index in [2.05, 4.69) is 62.0 Å². The Morgan fingerprint density at radius 2 is 2.00 bits per heavy atom. The van der Waals surface area contributed by atoms with Gasteiger partial charge in [0.25, 0.3) is 0 Å². The molecule has 1 rings (SSSR count). The molecule has 0 fully saturated rings. The molecular formula is C14H27N3. The molecule has 0 aliphatic carbocycles. The lowest BCUT2D eigenvalue weighted by Crippen LogP contribution is -2.28. The Hall–Kier alpha value is -0.830. The van der Waals surface area contributed by atoms with Gasteiger partial charge in [0.15, 0.2) is 0 Å². The Labute approximate surface area is 106 Å². The number of rotatable bonds is 7. The van der Waals surface area contributed by atoms with Crippen LogP contribution in [-0.2, 0) is 6.42 Å². The monoisotopic (exact) mass is 237 g/mol. The minimum absolute atomic E-state index is 0.507. The molecule has 2 atom stereocenters. The molecule has 1 N–H and O–H groups in total. The lowest BCUT2D eigenvalue weighted by molar-refractivity contribution is 0.452. The summed E-state index contributed by atoms with van der Waals surface area (Å²) in [6.07, 6.45) is 4.29. The Kier molecular flexibility index (Phi) is 5.69. The van der Waals surface area contributed by atoms with Crippen LogP contribution in [-0.4, -0.2) is 22.4 Å². The summed E-state index contributed by atoms with van der Waals surface area (Å²) in [4.78, 5) is 0. The van der Waals surface area contributed by atoms with Crippen molar-refractivity contribution < 1.29 is 0 Å². The van der Waals surface area contributed by atoms with Crippen LogP contribution in [0.1, 0.15) is 52.8 Å². The number of hydrogen-bond acceptors (Lipinski definition) is 2. The molecule has 0 spiro atoms. The molecule has 1 aromatic heterocycles. The number of nitrogens with zero attached hydrogens (tertiary/aromatic N) is 2. The number of nitrogens with one attached hydrogen (secondary N) is 1. The van der Waals surface area contributed by atoms with E-state index >= 15 is 0 Å². The summed E-state index contributed by atoms with van der Waals surface area (Å²) in [5.41, 5.74) is 1.21. The Balaban J connectivity index is 2.43. The van der Waals surface area contributed by atoms with Gasteiger partial charge >= 0.3 is 0 Å². The standard InChI is InChI=1S/C14H27N3/c1-6-13(5)17-8-7-14(16-17)9-12(4)10-15-11(2)3/h7-8,11-13,15H,6,9-10H2,1-5H3. The van der Waals surface area contributed by atoms with E-state index in [0.717, 1.165) is 19.4 Å². The second-order valence-electron chi connectivity index (χ2n) is 5.42. The van der Waals surface area contributed by atoms with Crippen molar-refractivity contribution in [3.05, 3.63) is 18.0 Å². The molecule has 0 radical (unpaired) electrons. The summed E-state index contributed by atoms with van der Waals surface area (Å²) in [6, 6.07) is 3.22. The third-order valence-electron chi connectivity index (χ3n) is 3.14. The highest BCUT2D eigenvalue weighted by molar-refractivity contribution is 5.00. The maximum Gasteiger partial charge on any atom is 0.0627 e. The summed E-state index contributed by atoms with van der Waals surface area (Å²) < 4.78 is 2.08. The van der Waals surface area contributed by atoms with Crippen LogP contribution in [0.15, 0.2) is 12.3 Å². The van der Waals surface area contributed by atoms with Crippen LogP contribution in [0, 0.1) is 5.92 Å². The van der Waals surface area contributed by atoms with Crippen molar-refractivity contribution in [3.63, 3.8) is 0 Å². The van der Waals surface area contributed by atoms with E-state index in [9.17, 15) is 0 Å². The number of aromatic nitrogens is 2. The van der Waals surface area contributed by atoms with E-state index in [0.29, 0.717) is 18.0 Å². The fourth-order valence-electron chi connectivity index (χ4n) is 1.78. The van der Waals surface area contributed by atoms with Crippen molar-refractivity contribution >= 4 is 0 Å². The molecule has 17 heavy (non-hydrogen) atoms. The average Bonchev–Trinajstić information content (AvgIpc) is 2.73. The van der Waals surface area contributed by atoms with Crippen LogP contribution in [0.5, 0.6) is 0 Å². The molecule has 1 aromatic rings. The van der Waals surface area contributed by atoms with Crippen LogP contribution in [0.3, 0.4) is 0 Å². The Morgan fingerprint density at radius 3 is 2.59 bits per heavy atom. The Morgan fingerprint density at radius 1 is 1.29 bits per heavy atom. The van der Waals surface area contributed by atoms with Gasteiger partial charge in [0, 0.05) is 18.3 Å². The smallest absolute Gasteiger partial charge is 0.0627 e. The van der Waals surface area contributed by atoms with Gasteiger partial charge in [0.1, 0.15) is 0 Å². The van der Waals surface area contributed by atoms with Crippen LogP contribution in [0.25, 0.3) is 0 Å². The van der Waals surface area contributed by atoms with Gasteiger partial charge in [-0.2, -0.15) is 5.10 Å². The normalized spacial score (nSPS) is 15.2. The lowest BCUT2D eigenvalue weighted by atomic mass is 10.1. The summed E-state index contributed by atoms with van der Waals surface area (Å²) >= 11 is 0. The van der Waals surface area contributed by atoms with Crippen molar-refractivity contribution in [1.29, 1.82) is 0 Å². The molecule has 1 heterocycles. The first-order valence-electron chi connectivity index (χ1n) is 6.80. The van der Waals surface area contributed by atoms with E-state index < -0.39 is 0 Å². The third-order valence-corrected chi connectivity index (χ3v) is 3.14. The fourth-order valence-corrected chi connectivity index (χ4v) is 1.78. The second-order valence-corrected chi connectivity index (χ2v) is 5.42. The molecule has 0 amide bonds. The van der Waals surface area contributed by atoms with Gasteiger partial charge in [-0.3, -0.25) is 4.68 Å². The molecule has 98 valence electrons. The second kappa shape index (κ2) is 6.80. The SMILES string of the molecule is CCC(C)n1ccc(CC(C)CNC(C)C)n1. The summed E-state index contributed by atoms with van der Waals surface area (Å²) in [5, 5.41) is 8.11. The van der Waals surface area contributed by atoms with Gasteiger partial charge in [0.2, 0.25) is 0 Å². The van der Waals surface area contributed by atoms with E-state index in [4.69, 9.17) is 0 Å². The van der Waals surface area contributed by atoms with Gasteiger partial charge in [-0.25, -0.2) is 0 Å². The predicted molar refractivity (Wildman–Crippen MR) is 73.2 cm³/mol. The summed E-state index contributed by atoms with van der Waals surface area (Å²) in [5.74, 6) is 0.637. The van der Waals surface area contributed by atoms with Gasteiger partial charge in [-0.15, -0.1) is 0 Å². The first kappa shape index (κ1) is 14.2. The van der Waals surface area contributed by atoms with Crippen LogP contribution in [0.4, 0.5) is 0 Å². The zero-order valence-electron chi connectivity index (χ0n) is 11.9. The van der Waals surface area contributed by atoms with E-state index in [1.165, 1.54) is 5.69 Å². The van der Waals surface area contributed by atoms with Gasteiger partial charge < -0.3 is 5.32 Å². The average molecular weight is 237 g/mol. The minimum atomic E-state index is 0.507. The van der Waals surface area contributed by atoms with Gasteiger partial charge in [-0.05, 0) is 38.3 Å². The predicted octanol–water partition coefficient (Wildman–Crippen LogP) is 3.03. The summed E-state index contributed by atoms with van der Waals surface area (Å²) in [6.45, 7) is 12.1. The minimum Gasteiger partial charge on any atom is -0.314 e. The quantitative estimate of drug-likeness (QED) is 0.790. The molecule has 3 heteroatoms. The van der Waals surface area contributed by atoms with Gasteiger partial charge in [-0.1, -0.05) is 27.7 Å². The van der Waals surface area contributed by atoms with Crippen molar-refractivity contribution in [2.75, 3.05) is 6.54 Å². The first-order chi connectivity index (χ1) is 8.02. The van der Waals surface area contributed by atoms with Crippen molar-refractivity contribution in [1.82, 2.24) is 15.1 Å². The van der Waals surface area contributed by atoms with Crippen LogP contribution in [0.2, 0.25) is 0 Å². The van der Waals surface area contributed by atoms with E-state index in [1.54, 1.807) is 0 Å². The Bertz CT molecular complexity index is 317. The largest absolute Gasteiger partial charge is 0.314 e. The van der Waals surface area contributed by atoms with Crippen molar-refractivity contribution in [3.8, 4) is 0 Å². The topological polar surface area (TPSA) is 29.9 Å². The highest BCUT2D eigenvalue weighted by atomic mass is 15.3. The highest BCUT2D eigenvalue weighted by Crippen LogP contribution is 2.11. The molecule has 2 unspecified atom stereocenters. The molecular weight excluding hydrogens is 210 g/mol. The maximum atomic E-state index is 4.64. The molecule has 0 aromatic carbocycles. The molecule has 0 saturated carbocycles. The van der Waals surface area contributed by atoms with E-state index in [-0.39, 0.29) is 0 Å². The van der Waals surface area contributed by atoms with Crippen LogP contribution < -0.4 is 5.32 Å². The van der Waals surface area contributed by atoms with Crippen LogP contribution >= 0.6 is 0 Å². The van der Waals surface area contributed by atoms with Crippen molar-refractivity contribution in [2.45, 2.75) is 59.5 Å². The summed E-state index contributed by atoms with van der Waals surface area (Å²) in [7, 11) is 0. The highest BCUT2D eigenvalue weighted by Gasteiger charge is 2.08. The number of hydrogen-bond donors (Lipinski definition) is 1. The molecule has 0 aliphatic rings. The van der Waals surface area contributed by atoms with Gasteiger partial charge in [0.05, 0.1) is 5.69 Å². The molecule has 0 bridgehead atoms. The zero-order valence-corrected chi connectivity index (χ0v) is 11.9. The van der Waals surface area contributed by atoms with Crippen molar-refractivity contribution in [2.24, 2.45) is 5.92 Å². The molecule has 3 nitrogen and oxygen atoms in total. The maximum absolute atomic E-state index is 4.64.